The number of ether oxygens (including phenoxy) is 1. The van der Waals surface area contributed by atoms with E-state index in [1.165, 1.54) is 5.56 Å². The smallest absolute Gasteiger partial charge is 0.226 e. The molecule has 0 amide bonds. The summed E-state index contributed by atoms with van der Waals surface area (Å²) in [4.78, 5) is 10.9. The number of hydrogen-bond donors (Lipinski definition) is 0. The van der Waals surface area contributed by atoms with Crippen LogP contribution in [0.15, 0.2) is 36.4 Å². The zero-order valence-corrected chi connectivity index (χ0v) is 13.3. The zero-order chi connectivity index (χ0) is 16.1. The second kappa shape index (κ2) is 7.21. The second-order valence-corrected chi connectivity index (χ2v) is 5.91. The largest absolute Gasteiger partial charge is 0.376 e. The first-order valence-corrected chi connectivity index (χ1v) is 7.87. The highest BCUT2D eigenvalue weighted by atomic mass is 16.5. The molecule has 2 heterocycles. The Hall–Kier alpha value is -2.45. The first-order chi connectivity index (χ1) is 11.2. The van der Waals surface area contributed by atoms with Crippen LogP contribution < -0.4 is 4.90 Å². The lowest BCUT2D eigenvalue weighted by Crippen LogP contribution is -2.23. The van der Waals surface area contributed by atoms with Gasteiger partial charge in [-0.25, -0.2) is 9.97 Å². The van der Waals surface area contributed by atoms with Crippen LogP contribution in [-0.4, -0.2) is 29.7 Å². The van der Waals surface area contributed by atoms with Gasteiger partial charge >= 0.3 is 0 Å². The molecule has 1 aromatic heterocycles. The minimum absolute atomic E-state index is 0.427. The van der Waals surface area contributed by atoms with Crippen molar-refractivity contribution in [1.82, 2.24) is 9.97 Å². The van der Waals surface area contributed by atoms with E-state index in [0.29, 0.717) is 24.2 Å². The number of aromatic nitrogens is 2. The van der Waals surface area contributed by atoms with Crippen LogP contribution in [0.5, 0.6) is 0 Å². The Morgan fingerprint density at radius 1 is 1.30 bits per heavy atom. The Labute approximate surface area is 136 Å². The predicted octanol–water partition coefficient (Wildman–Crippen LogP) is 2.70. The maximum atomic E-state index is 9.03. The molecule has 1 atom stereocenters. The quantitative estimate of drug-likeness (QED) is 0.850. The zero-order valence-electron chi connectivity index (χ0n) is 13.3. The van der Waals surface area contributed by atoms with Crippen molar-refractivity contribution in [2.24, 2.45) is 5.92 Å². The lowest BCUT2D eigenvalue weighted by Gasteiger charge is -2.17. The van der Waals surface area contributed by atoms with E-state index in [9.17, 15) is 0 Å². The van der Waals surface area contributed by atoms with Crippen molar-refractivity contribution in [2.45, 2.75) is 20.0 Å². The normalized spacial score (nSPS) is 17.2. The van der Waals surface area contributed by atoms with Gasteiger partial charge in [0, 0.05) is 24.7 Å². The van der Waals surface area contributed by atoms with Crippen molar-refractivity contribution >= 4 is 5.95 Å². The molecule has 3 rings (SSSR count). The van der Waals surface area contributed by atoms with Gasteiger partial charge in [0.1, 0.15) is 11.8 Å². The standard InChI is InChI=1S/C18H20N4O/c1-14-9-17(10-19)21-18(20-14)22-8-7-16(11-22)13-23-12-15-5-3-2-4-6-15/h2-6,9,16H,7-8,11-13H2,1H3. The number of nitrogens with zero attached hydrogens (tertiary/aromatic N) is 4. The molecule has 1 aliphatic rings. The summed E-state index contributed by atoms with van der Waals surface area (Å²) in [5.41, 5.74) is 2.45. The van der Waals surface area contributed by atoms with E-state index in [2.05, 4.69) is 33.1 Å². The number of anilines is 1. The summed E-state index contributed by atoms with van der Waals surface area (Å²) in [6.45, 7) is 5.07. The molecule has 1 aromatic carbocycles. The third-order valence-electron chi connectivity index (χ3n) is 3.99. The van der Waals surface area contributed by atoms with Crippen LogP contribution in [0.3, 0.4) is 0 Å². The molecule has 118 valence electrons. The summed E-state index contributed by atoms with van der Waals surface area (Å²) in [5.74, 6) is 1.14. The average molecular weight is 308 g/mol. The van der Waals surface area contributed by atoms with Crippen LogP contribution >= 0.6 is 0 Å². The molecule has 5 heteroatoms. The fourth-order valence-electron chi connectivity index (χ4n) is 2.82. The summed E-state index contributed by atoms with van der Waals surface area (Å²) < 4.78 is 5.84. The minimum Gasteiger partial charge on any atom is -0.376 e. The van der Waals surface area contributed by atoms with Crippen LogP contribution in [-0.2, 0) is 11.3 Å². The first-order valence-electron chi connectivity index (χ1n) is 7.87. The van der Waals surface area contributed by atoms with Crippen LogP contribution in [0.4, 0.5) is 5.95 Å². The van der Waals surface area contributed by atoms with Gasteiger partial charge in [-0.3, -0.25) is 0 Å². The molecule has 5 nitrogen and oxygen atoms in total. The number of hydrogen-bond acceptors (Lipinski definition) is 5. The highest BCUT2D eigenvalue weighted by Crippen LogP contribution is 2.22. The van der Waals surface area contributed by atoms with Crippen molar-refractivity contribution in [3.8, 4) is 6.07 Å². The summed E-state index contributed by atoms with van der Waals surface area (Å²) in [6, 6.07) is 14.0. The van der Waals surface area contributed by atoms with Crippen molar-refractivity contribution < 1.29 is 4.74 Å². The van der Waals surface area contributed by atoms with Gasteiger partial charge in [0.25, 0.3) is 0 Å². The SMILES string of the molecule is Cc1cc(C#N)nc(N2CCC(COCc3ccccc3)C2)n1. The summed E-state index contributed by atoms with van der Waals surface area (Å²) in [7, 11) is 0. The summed E-state index contributed by atoms with van der Waals surface area (Å²) in [5, 5.41) is 9.03. The van der Waals surface area contributed by atoms with E-state index in [4.69, 9.17) is 10.00 Å². The average Bonchev–Trinajstić information content (AvgIpc) is 3.04. The predicted molar refractivity (Wildman–Crippen MR) is 87.9 cm³/mol. The lowest BCUT2D eigenvalue weighted by molar-refractivity contribution is 0.0929. The van der Waals surface area contributed by atoms with Gasteiger partial charge in [0.15, 0.2) is 0 Å². The van der Waals surface area contributed by atoms with Crippen molar-refractivity contribution in [3.63, 3.8) is 0 Å². The number of aryl methyl sites for hydroxylation is 1. The van der Waals surface area contributed by atoms with E-state index in [-0.39, 0.29) is 0 Å². The van der Waals surface area contributed by atoms with Gasteiger partial charge in [0.05, 0.1) is 13.2 Å². The Balaban J connectivity index is 1.52. The highest BCUT2D eigenvalue weighted by molar-refractivity contribution is 5.37. The molecular formula is C18H20N4O. The molecule has 23 heavy (non-hydrogen) atoms. The molecule has 0 bridgehead atoms. The van der Waals surface area contributed by atoms with E-state index in [0.717, 1.165) is 31.8 Å². The van der Waals surface area contributed by atoms with Gasteiger partial charge in [-0.15, -0.1) is 0 Å². The van der Waals surface area contributed by atoms with E-state index in [1.54, 1.807) is 6.07 Å². The fourth-order valence-corrected chi connectivity index (χ4v) is 2.82. The highest BCUT2D eigenvalue weighted by Gasteiger charge is 2.25. The van der Waals surface area contributed by atoms with Gasteiger partial charge in [-0.1, -0.05) is 30.3 Å². The second-order valence-electron chi connectivity index (χ2n) is 5.91. The maximum absolute atomic E-state index is 9.03. The molecule has 0 saturated carbocycles. The fraction of sp³-hybridized carbons (Fsp3) is 0.389. The number of benzene rings is 1. The molecular weight excluding hydrogens is 288 g/mol. The molecule has 0 aliphatic carbocycles. The van der Waals surface area contributed by atoms with E-state index in [1.807, 2.05) is 25.1 Å². The Morgan fingerprint density at radius 2 is 2.13 bits per heavy atom. The molecule has 0 N–H and O–H groups in total. The number of rotatable bonds is 5. The molecule has 0 radical (unpaired) electrons. The lowest BCUT2D eigenvalue weighted by atomic mass is 10.1. The minimum atomic E-state index is 0.427. The van der Waals surface area contributed by atoms with Crippen LogP contribution in [0, 0.1) is 24.2 Å². The monoisotopic (exact) mass is 308 g/mol. The van der Waals surface area contributed by atoms with Crippen molar-refractivity contribution in [1.29, 1.82) is 5.26 Å². The van der Waals surface area contributed by atoms with Gasteiger partial charge in [-0.05, 0) is 25.0 Å². The van der Waals surface area contributed by atoms with E-state index < -0.39 is 0 Å². The first kappa shape index (κ1) is 15.4. The van der Waals surface area contributed by atoms with Gasteiger partial charge in [0.2, 0.25) is 5.95 Å². The molecule has 1 fully saturated rings. The Kier molecular flexibility index (Phi) is 4.84. The molecule has 2 aromatic rings. The van der Waals surface area contributed by atoms with Crippen LogP contribution in [0.2, 0.25) is 0 Å². The number of nitriles is 1. The third-order valence-corrected chi connectivity index (χ3v) is 3.99. The van der Waals surface area contributed by atoms with E-state index >= 15 is 0 Å². The molecule has 1 aliphatic heterocycles. The van der Waals surface area contributed by atoms with Gasteiger partial charge in [-0.2, -0.15) is 5.26 Å². The topological polar surface area (TPSA) is 62.0 Å². The Morgan fingerprint density at radius 3 is 2.91 bits per heavy atom. The summed E-state index contributed by atoms with van der Waals surface area (Å²) >= 11 is 0. The van der Waals surface area contributed by atoms with Crippen LogP contribution in [0.1, 0.15) is 23.4 Å². The maximum Gasteiger partial charge on any atom is 0.226 e. The van der Waals surface area contributed by atoms with Crippen LogP contribution in [0.25, 0.3) is 0 Å². The molecule has 0 spiro atoms. The molecule has 1 unspecified atom stereocenters. The Bertz CT molecular complexity index is 696. The van der Waals surface area contributed by atoms with Crippen molar-refractivity contribution in [2.75, 3.05) is 24.6 Å². The molecule has 1 saturated heterocycles. The third kappa shape index (κ3) is 4.05. The van der Waals surface area contributed by atoms with Gasteiger partial charge < -0.3 is 9.64 Å². The summed E-state index contributed by atoms with van der Waals surface area (Å²) in [6.07, 6.45) is 1.06. The van der Waals surface area contributed by atoms with Crippen molar-refractivity contribution in [3.05, 3.63) is 53.3 Å².